The first kappa shape index (κ1) is 26.8. The fraction of sp³-hybridized carbons (Fsp3) is 0.625. The van der Waals surface area contributed by atoms with E-state index in [0.29, 0.717) is 17.1 Å². The Morgan fingerprint density at radius 3 is 2.49 bits per heavy atom. The summed E-state index contributed by atoms with van der Waals surface area (Å²) in [6.07, 6.45) is 2.28. The number of carbonyl (C=O) groups excluding carboxylic acids is 2. The van der Waals surface area contributed by atoms with Crippen molar-refractivity contribution in [1.29, 1.82) is 0 Å². The molecule has 0 aromatic carbocycles. The van der Waals surface area contributed by atoms with E-state index in [9.17, 15) is 18.4 Å². The molecule has 5 rings (SSSR count). The zero-order valence-corrected chi connectivity index (χ0v) is 22.0. The summed E-state index contributed by atoms with van der Waals surface area (Å²) in [6, 6.07) is -0.711. The lowest BCUT2D eigenvalue weighted by molar-refractivity contribution is -0.0819. The Hall–Kier alpha value is -3.75. The molecule has 210 valence electrons. The van der Waals surface area contributed by atoms with E-state index < -0.39 is 35.1 Å². The van der Waals surface area contributed by atoms with Crippen LogP contribution in [0.3, 0.4) is 0 Å². The Morgan fingerprint density at radius 1 is 1.18 bits per heavy atom. The predicted octanol–water partition coefficient (Wildman–Crippen LogP) is 2.86. The molecular formula is C24H30F2N8O5. The number of aryl methyl sites for hydroxylation is 1. The first-order valence-corrected chi connectivity index (χ1v) is 12.6. The van der Waals surface area contributed by atoms with Gasteiger partial charge in [-0.3, -0.25) is 4.79 Å². The van der Waals surface area contributed by atoms with E-state index in [-0.39, 0.29) is 56.3 Å². The maximum Gasteiger partial charge on any atom is 0.408 e. The minimum atomic E-state index is -2.74. The smallest absolute Gasteiger partial charge is 0.408 e. The van der Waals surface area contributed by atoms with E-state index in [1.54, 1.807) is 33.9 Å². The van der Waals surface area contributed by atoms with Crippen LogP contribution in [0.2, 0.25) is 0 Å². The van der Waals surface area contributed by atoms with Gasteiger partial charge in [0.15, 0.2) is 5.69 Å². The number of hydrogen-bond acceptors (Lipinski definition) is 10. The van der Waals surface area contributed by atoms with Crippen molar-refractivity contribution < 1.29 is 32.5 Å². The van der Waals surface area contributed by atoms with Gasteiger partial charge >= 0.3 is 6.09 Å². The van der Waals surface area contributed by atoms with Crippen molar-refractivity contribution in [3.05, 3.63) is 35.2 Å². The SMILES string of the molecule is Cc1nonc1C(=O)N[C@H](c1cn2ncc(C3(NC(=O)OC(C)(C)C)COC3)nc2n1)C1CCC(F)(F)CC1. The molecule has 1 atom stereocenters. The number of ether oxygens (including phenoxy) is 2. The Bertz CT molecular complexity index is 1370. The van der Waals surface area contributed by atoms with Gasteiger partial charge in [0.1, 0.15) is 16.8 Å². The van der Waals surface area contributed by atoms with Gasteiger partial charge in [0, 0.05) is 12.8 Å². The number of nitrogens with zero attached hydrogens (tertiary/aromatic N) is 6. The van der Waals surface area contributed by atoms with Crippen LogP contribution in [0.5, 0.6) is 0 Å². The maximum absolute atomic E-state index is 13.9. The van der Waals surface area contributed by atoms with Crippen molar-refractivity contribution in [3.8, 4) is 0 Å². The average Bonchev–Trinajstić information content (AvgIpc) is 3.44. The van der Waals surface area contributed by atoms with E-state index in [1.807, 2.05) is 0 Å². The summed E-state index contributed by atoms with van der Waals surface area (Å²) in [5.74, 6) is -3.39. The molecule has 3 aromatic rings. The van der Waals surface area contributed by atoms with Crippen molar-refractivity contribution in [1.82, 2.24) is 40.5 Å². The lowest BCUT2D eigenvalue weighted by atomic mass is 9.81. The second kappa shape index (κ2) is 9.77. The van der Waals surface area contributed by atoms with Gasteiger partial charge in [-0.15, -0.1) is 0 Å². The highest BCUT2D eigenvalue weighted by Crippen LogP contribution is 2.41. The average molecular weight is 549 g/mol. The molecule has 0 unspecified atom stereocenters. The molecular weight excluding hydrogens is 518 g/mol. The number of alkyl carbamates (subject to hydrolysis) is 1. The number of hydrogen-bond donors (Lipinski definition) is 2. The van der Waals surface area contributed by atoms with Crippen LogP contribution >= 0.6 is 0 Å². The predicted molar refractivity (Wildman–Crippen MR) is 129 cm³/mol. The monoisotopic (exact) mass is 548 g/mol. The molecule has 0 bridgehead atoms. The second-order valence-electron chi connectivity index (χ2n) is 11.1. The highest BCUT2D eigenvalue weighted by Gasteiger charge is 2.45. The lowest BCUT2D eigenvalue weighted by Gasteiger charge is -2.41. The first-order chi connectivity index (χ1) is 18.3. The summed E-state index contributed by atoms with van der Waals surface area (Å²) in [6.45, 7) is 7.20. The molecule has 3 aromatic heterocycles. The van der Waals surface area contributed by atoms with Crippen LogP contribution < -0.4 is 10.6 Å². The molecule has 15 heteroatoms. The zero-order valence-electron chi connectivity index (χ0n) is 22.0. The Morgan fingerprint density at radius 2 is 1.90 bits per heavy atom. The van der Waals surface area contributed by atoms with E-state index in [0.717, 1.165) is 0 Å². The minimum Gasteiger partial charge on any atom is -0.444 e. The minimum absolute atomic E-state index is 0.00332. The van der Waals surface area contributed by atoms with Crippen LogP contribution in [-0.4, -0.2) is 66.6 Å². The van der Waals surface area contributed by atoms with E-state index in [1.165, 1.54) is 10.7 Å². The number of alkyl halides is 2. The molecule has 1 saturated carbocycles. The van der Waals surface area contributed by atoms with E-state index >= 15 is 0 Å². The standard InChI is InChI=1S/C24H30F2N8O5/c1-13-17(33-39-32-13)19(35)30-18(14-5-7-24(25,26)8-6-14)15-10-34-20(28-15)29-16(9-27-34)23(11-37-12-23)31-21(36)38-22(2,3)4/h9-10,14,18H,5-8,11-12H2,1-4H3,(H,30,35)(H,31,36)/t18-/m0/s1. The molecule has 1 aliphatic heterocycles. The molecule has 2 N–H and O–H groups in total. The summed E-state index contributed by atoms with van der Waals surface area (Å²) < 4.78 is 44.7. The van der Waals surface area contributed by atoms with Crippen LogP contribution in [0.4, 0.5) is 13.6 Å². The van der Waals surface area contributed by atoms with Crippen molar-refractivity contribution in [2.75, 3.05) is 13.2 Å². The second-order valence-corrected chi connectivity index (χ2v) is 11.1. The van der Waals surface area contributed by atoms with Gasteiger partial charge in [0.05, 0.1) is 43.0 Å². The molecule has 13 nitrogen and oxygen atoms in total. The summed E-state index contributed by atoms with van der Waals surface area (Å²) >= 11 is 0. The normalized spacial score (nSPS) is 19.7. The van der Waals surface area contributed by atoms with E-state index in [4.69, 9.17) is 9.47 Å². The van der Waals surface area contributed by atoms with Crippen molar-refractivity contribution in [2.24, 2.45) is 5.92 Å². The van der Waals surface area contributed by atoms with Gasteiger partial charge < -0.3 is 20.1 Å². The topological polar surface area (TPSA) is 159 Å². The summed E-state index contributed by atoms with van der Waals surface area (Å²) in [4.78, 5) is 34.6. The number of rotatable bonds is 6. The number of amides is 2. The van der Waals surface area contributed by atoms with Gasteiger partial charge in [-0.05, 0) is 51.6 Å². The Labute approximate surface area is 222 Å². The van der Waals surface area contributed by atoms with Crippen molar-refractivity contribution in [3.63, 3.8) is 0 Å². The van der Waals surface area contributed by atoms with Crippen LogP contribution in [0.25, 0.3) is 5.78 Å². The molecule has 0 radical (unpaired) electrons. The summed E-state index contributed by atoms with van der Waals surface area (Å²) in [5, 5.41) is 17.4. The Balaban J connectivity index is 1.43. The number of imidazole rings is 1. The van der Waals surface area contributed by atoms with Gasteiger partial charge in [0.2, 0.25) is 5.92 Å². The van der Waals surface area contributed by atoms with Gasteiger partial charge in [-0.25, -0.2) is 32.7 Å². The first-order valence-electron chi connectivity index (χ1n) is 12.6. The molecule has 4 heterocycles. The Kier molecular flexibility index (Phi) is 6.73. The maximum atomic E-state index is 13.9. The molecule has 2 fully saturated rings. The highest BCUT2D eigenvalue weighted by atomic mass is 19.3. The third kappa shape index (κ3) is 5.67. The number of fused-ring (bicyclic) bond motifs is 1. The van der Waals surface area contributed by atoms with E-state index in [2.05, 4.69) is 40.6 Å². The van der Waals surface area contributed by atoms with Crippen molar-refractivity contribution >= 4 is 17.8 Å². The molecule has 0 spiro atoms. The number of nitrogens with one attached hydrogen (secondary N) is 2. The van der Waals surface area contributed by atoms with Gasteiger partial charge in [-0.1, -0.05) is 5.16 Å². The number of carbonyl (C=O) groups is 2. The molecule has 1 saturated heterocycles. The zero-order chi connectivity index (χ0) is 28.0. The van der Waals surface area contributed by atoms with Crippen LogP contribution in [-0.2, 0) is 15.0 Å². The third-order valence-corrected chi connectivity index (χ3v) is 6.85. The third-order valence-electron chi connectivity index (χ3n) is 6.85. The fourth-order valence-electron chi connectivity index (χ4n) is 4.74. The number of halogens is 2. The molecule has 39 heavy (non-hydrogen) atoms. The van der Waals surface area contributed by atoms with Gasteiger partial charge in [0.25, 0.3) is 11.7 Å². The molecule has 2 aliphatic rings. The fourth-order valence-corrected chi connectivity index (χ4v) is 4.74. The largest absolute Gasteiger partial charge is 0.444 e. The van der Waals surface area contributed by atoms with Crippen LogP contribution in [0.15, 0.2) is 17.0 Å². The van der Waals surface area contributed by atoms with Crippen LogP contribution in [0, 0.1) is 12.8 Å². The number of aromatic nitrogens is 6. The summed E-state index contributed by atoms with van der Waals surface area (Å²) in [7, 11) is 0. The molecule has 1 aliphatic carbocycles. The molecule has 2 amide bonds. The quantitative estimate of drug-likeness (QED) is 0.469. The van der Waals surface area contributed by atoms with Crippen molar-refractivity contribution in [2.45, 2.75) is 76.5 Å². The summed E-state index contributed by atoms with van der Waals surface area (Å²) in [5.41, 5.74) is -0.496. The lowest BCUT2D eigenvalue weighted by Crippen LogP contribution is -2.60. The van der Waals surface area contributed by atoms with Gasteiger partial charge in [-0.2, -0.15) is 5.10 Å². The highest BCUT2D eigenvalue weighted by molar-refractivity contribution is 5.93. The van der Waals surface area contributed by atoms with Crippen LogP contribution in [0.1, 0.15) is 80.1 Å².